The van der Waals surface area contributed by atoms with Gasteiger partial charge < -0.3 is 15.1 Å². The lowest BCUT2D eigenvalue weighted by atomic mass is 10.0. The summed E-state index contributed by atoms with van der Waals surface area (Å²) in [4.78, 5) is 16.3. The first-order chi connectivity index (χ1) is 7.67. The molecule has 4 heteroatoms. The van der Waals surface area contributed by atoms with Crippen molar-refractivity contribution in [1.29, 1.82) is 0 Å². The Labute approximate surface area is 92.0 Å². The van der Waals surface area contributed by atoms with Gasteiger partial charge in [0.1, 0.15) is 0 Å². The van der Waals surface area contributed by atoms with Crippen LogP contribution in [0.1, 0.15) is 18.4 Å². The number of nitrogens with one attached hydrogen (secondary N) is 2. The molecule has 0 saturated heterocycles. The van der Waals surface area contributed by atoms with E-state index >= 15 is 0 Å². The van der Waals surface area contributed by atoms with Crippen molar-refractivity contribution in [3.05, 3.63) is 46.5 Å². The van der Waals surface area contributed by atoms with E-state index in [-0.39, 0.29) is 5.69 Å². The van der Waals surface area contributed by atoms with E-state index < -0.39 is 5.60 Å². The summed E-state index contributed by atoms with van der Waals surface area (Å²) >= 11 is 0. The molecule has 1 fully saturated rings. The van der Waals surface area contributed by atoms with Gasteiger partial charge in [-0.1, -0.05) is 18.2 Å². The highest BCUT2D eigenvalue weighted by Gasteiger charge is 2.42. The van der Waals surface area contributed by atoms with E-state index in [0.29, 0.717) is 0 Å². The summed E-state index contributed by atoms with van der Waals surface area (Å²) in [5, 5.41) is 10.00. The van der Waals surface area contributed by atoms with Crippen LogP contribution in [0, 0.1) is 0 Å². The average molecular weight is 216 g/mol. The summed E-state index contributed by atoms with van der Waals surface area (Å²) in [6.07, 6.45) is 3.28. The Hall–Kier alpha value is -1.81. The highest BCUT2D eigenvalue weighted by molar-refractivity contribution is 5.59. The average Bonchev–Trinajstić information content (AvgIpc) is 2.89. The summed E-state index contributed by atoms with van der Waals surface area (Å²) in [5.41, 5.74) is 1.73. The first kappa shape index (κ1) is 9.42. The lowest BCUT2D eigenvalue weighted by Crippen LogP contribution is -2.04. The molecule has 16 heavy (non-hydrogen) atoms. The molecule has 1 aliphatic rings. The van der Waals surface area contributed by atoms with Crippen LogP contribution in [0.15, 0.2) is 35.3 Å². The number of hydrogen-bond acceptors (Lipinski definition) is 2. The van der Waals surface area contributed by atoms with Crippen molar-refractivity contribution in [1.82, 2.24) is 9.97 Å². The fourth-order valence-electron chi connectivity index (χ4n) is 1.87. The molecule has 0 amide bonds. The number of aliphatic hydroxyl groups is 1. The summed E-state index contributed by atoms with van der Waals surface area (Å²) in [5.74, 6) is 0. The molecule has 0 aliphatic heterocycles. The summed E-state index contributed by atoms with van der Waals surface area (Å²) in [6, 6.07) is 7.65. The van der Waals surface area contributed by atoms with E-state index in [1.54, 1.807) is 6.20 Å². The van der Waals surface area contributed by atoms with E-state index in [0.717, 1.165) is 29.7 Å². The van der Waals surface area contributed by atoms with Crippen LogP contribution < -0.4 is 5.69 Å². The Kier molecular flexibility index (Phi) is 1.82. The zero-order valence-electron chi connectivity index (χ0n) is 8.66. The van der Waals surface area contributed by atoms with Gasteiger partial charge in [0, 0.05) is 6.20 Å². The van der Waals surface area contributed by atoms with Gasteiger partial charge in [-0.25, -0.2) is 4.79 Å². The highest BCUT2D eigenvalue weighted by Crippen LogP contribution is 2.45. The third-order valence-electron chi connectivity index (χ3n) is 3.03. The Morgan fingerprint density at radius 1 is 1.31 bits per heavy atom. The monoisotopic (exact) mass is 216 g/mol. The van der Waals surface area contributed by atoms with Gasteiger partial charge in [-0.3, -0.25) is 0 Å². The Balaban J connectivity index is 2.05. The number of imidazole rings is 1. The highest BCUT2D eigenvalue weighted by atomic mass is 16.3. The van der Waals surface area contributed by atoms with Crippen LogP contribution in [0.4, 0.5) is 0 Å². The Morgan fingerprint density at radius 3 is 2.75 bits per heavy atom. The number of aromatic amines is 2. The van der Waals surface area contributed by atoms with Gasteiger partial charge >= 0.3 is 5.69 Å². The van der Waals surface area contributed by atoms with E-state index in [1.165, 1.54) is 0 Å². The van der Waals surface area contributed by atoms with Gasteiger partial charge in [-0.05, 0) is 30.0 Å². The molecule has 3 rings (SSSR count). The Bertz CT molecular complexity index is 578. The summed E-state index contributed by atoms with van der Waals surface area (Å²) in [6.45, 7) is 0. The minimum Gasteiger partial charge on any atom is -0.385 e. The van der Waals surface area contributed by atoms with Crippen molar-refractivity contribution in [2.75, 3.05) is 0 Å². The predicted octanol–water partition coefficient (Wildman–Crippen LogP) is 1.35. The molecular formula is C12H12N2O2. The quantitative estimate of drug-likeness (QED) is 0.709. The van der Waals surface area contributed by atoms with Crippen LogP contribution in [0.2, 0.25) is 0 Å². The van der Waals surface area contributed by atoms with Gasteiger partial charge in [0.15, 0.2) is 0 Å². The molecular weight excluding hydrogens is 204 g/mol. The maximum atomic E-state index is 11.0. The molecule has 1 saturated carbocycles. The van der Waals surface area contributed by atoms with Crippen molar-refractivity contribution in [2.24, 2.45) is 0 Å². The molecule has 1 aromatic carbocycles. The molecule has 0 spiro atoms. The van der Waals surface area contributed by atoms with Gasteiger partial charge in [-0.15, -0.1) is 0 Å². The lowest BCUT2D eigenvalue weighted by Gasteiger charge is -2.08. The molecule has 0 radical (unpaired) electrons. The molecule has 0 bridgehead atoms. The molecule has 1 aliphatic carbocycles. The fourth-order valence-corrected chi connectivity index (χ4v) is 1.87. The van der Waals surface area contributed by atoms with Crippen LogP contribution >= 0.6 is 0 Å². The van der Waals surface area contributed by atoms with Crippen molar-refractivity contribution >= 4 is 0 Å². The minimum absolute atomic E-state index is 0.217. The second-order valence-corrected chi connectivity index (χ2v) is 4.27. The molecule has 1 aromatic heterocycles. The second kappa shape index (κ2) is 3.09. The maximum absolute atomic E-state index is 11.0. The topological polar surface area (TPSA) is 68.9 Å². The van der Waals surface area contributed by atoms with Crippen molar-refractivity contribution in [3.63, 3.8) is 0 Å². The SMILES string of the molecule is O=c1[nH]cc(-c2cccc(C3(O)CC3)c2)[nH]1. The standard InChI is InChI=1S/C12H12N2O2/c15-11-13-7-10(14-11)8-2-1-3-9(6-8)12(16)4-5-12/h1-3,6-7,16H,4-5H2,(H2,13,14,15). The largest absolute Gasteiger partial charge is 0.385 e. The fraction of sp³-hybridized carbons (Fsp3) is 0.250. The van der Waals surface area contributed by atoms with E-state index in [2.05, 4.69) is 9.97 Å². The molecule has 2 aromatic rings. The third-order valence-corrected chi connectivity index (χ3v) is 3.03. The molecule has 3 N–H and O–H groups in total. The Morgan fingerprint density at radius 2 is 2.12 bits per heavy atom. The zero-order chi connectivity index (χ0) is 11.2. The van der Waals surface area contributed by atoms with E-state index in [4.69, 9.17) is 0 Å². The summed E-state index contributed by atoms with van der Waals surface area (Å²) < 4.78 is 0. The summed E-state index contributed by atoms with van der Waals surface area (Å²) in [7, 11) is 0. The van der Waals surface area contributed by atoms with Crippen LogP contribution in [0.3, 0.4) is 0 Å². The van der Waals surface area contributed by atoms with Gasteiger partial charge in [0.05, 0.1) is 11.3 Å². The minimum atomic E-state index is -0.632. The number of benzene rings is 1. The second-order valence-electron chi connectivity index (χ2n) is 4.27. The maximum Gasteiger partial charge on any atom is 0.323 e. The number of hydrogen-bond donors (Lipinski definition) is 3. The third kappa shape index (κ3) is 1.47. The molecule has 0 atom stereocenters. The molecule has 4 nitrogen and oxygen atoms in total. The van der Waals surface area contributed by atoms with Crippen molar-refractivity contribution < 1.29 is 5.11 Å². The molecule has 82 valence electrons. The van der Waals surface area contributed by atoms with Gasteiger partial charge in [0.2, 0.25) is 0 Å². The van der Waals surface area contributed by atoms with Gasteiger partial charge in [-0.2, -0.15) is 0 Å². The van der Waals surface area contributed by atoms with Crippen LogP contribution in [0.5, 0.6) is 0 Å². The molecule has 0 unspecified atom stereocenters. The smallest absolute Gasteiger partial charge is 0.323 e. The first-order valence-electron chi connectivity index (χ1n) is 5.28. The van der Waals surface area contributed by atoms with Crippen molar-refractivity contribution in [3.8, 4) is 11.3 Å². The van der Waals surface area contributed by atoms with Crippen LogP contribution in [-0.2, 0) is 5.60 Å². The first-order valence-corrected chi connectivity index (χ1v) is 5.28. The van der Waals surface area contributed by atoms with Crippen molar-refractivity contribution in [2.45, 2.75) is 18.4 Å². The van der Waals surface area contributed by atoms with Gasteiger partial charge in [0.25, 0.3) is 0 Å². The van der Waals surface area contributed by atoms with E-state index in [1.807, 2.05) is 24.3 Å². The number of H-pyrrole nitrogens is 2. The molecule has 1 heterocycles. The van der Waals surface area contributed by atoms with Crippen LogP contribution in [-0.4, -0.2) is 15.1 Å². The number of aromatic nitrogens is 2. The predicted molar refractivity (Wildman–Crippen MR) is 60.0 cm³/mol. The van der Waals surface area contributed by atoms with E-state index in [9.17, 15) is 9.90 Å². The number of rotatable bonds is 2. The normalized spacial score (nSPS) is 17.3. The van der Waals surface area contributed by atoms with Crippen LogP contribution in [0.25, 0.3) is 11.3 Å². The zero-order valence-corrected chi connectivity index (χ0v) is 8.66. The lowest BCUT2D eigenvalue weighted by molar-refractivity contribution is 0.151.